The Bertz CT molecular complexity index is 770. The molecule has 26 heavy (non-hydrogen) atoms. The number of anilines is 1. The first-order valence-electron chi connectivity index (χ1n) is 7.90. The molecule has 0 aromatic carbocycles. The molecule has 1 saturated heterocycles. The lowest BCUT2D eigenvalue weighted by Gasteiger charge is -2.34. The lowest BCUT2D eigenvalue weighted by atomic mass is 9.79. The Balaban J connectivity index is 0.00000243. The van der Waals surface area contributed by atoms with Crippen molar-refractivity contribution in [3.8, 4) is 11.3 Å². The minimum absolute atomic E-state index is 0. The van der Waals surface area contributed by atoms with Gasteiger partial charge in [-0.15, -0.1) is 23.7 Å². The molecule has 2 aromatic heterocycles. The normalized spacial score (nSPS) is 15.8. The van der Waals surface area contributed by atoms with Gasteiger partial charge in [0.05, 0.1) is 18.2 Å². The number of nitrogens with two attached hydrogens (primary N) is 1. The Hall–Kier alpha value is -1.94. The molecule has 0 unspecified atom stereocenters. The van der Waals surface area contributed by atoms with Crippen molar-refractivity contribution in [1.29, 1.82) is 0 Å². The van der Waals surface area contributed by atoms with Crippen LogP contribution in [-0.4, -0.2) is 48.7 Å². The number of methoxy groups -OCH3 is 1. The van der Waals surface area contributed by atoms with Gasteiger partial charge in [0.25, 0.3) is 0 Å². The summed E-state index contributed by atoms with van der Waals surface area (Å²) in [5.41, 5.74) is 7.01. The van der Waals surface area contributed by atoms with Gasteiger partial charge in [-0.1, -0.05) is 0 Å². The van der Waals surface area contributed by atoms with Crippen LogP contribution in [0.4, 0.5) is 5.13 Å². The van der Waals surface area contributed by atoms with Crippen LogP contribution in [-0.2, 0) is 14.3 Å². The highest BCUT2D eigenvalue weighted by Gasteiger charge is 2.39. The maximum Gasteiger partial charge on any atom is 0.354 e. The molecule has 1 aliphatic heterocycles. The number of halogens is 1. The third-order valence-electron chi connectivity index (χ3n) is 4.43. The zero-order valence-electron chi connectivity index (χ0n) is 14.2. The average molecular weight is 401 g/mol. The summed E-state index contributed by atoms with van der Waals surface area (Å²) in [6.45, 7) is 1.35. The van der Waals surface area contributed by atoms with Gasteiger partial charge in [-0.25, -0.2) is 9.78 Å². The molecule has 1 aliphatic rings. The molecule has 0 bridgehead atoms. The number of carbonyl (C=O) groups excluding carboxylic acids is 2. The van der Waals surface area contributed by atoms with Gasteiger partial charge in [-0.3, -0.25) is 4.79 Å². The molecule has 2 aromatic rings. The first kappa shape index (κ1) is 20.4. The van der Waals surface area contributed by atoms with Crippen LogP contribution >= 0.6 is 23.7 Å². The van der Waals surface area contributed by atoms with E-state index in [1.165, 1.54) is 18.4 Å². The number of thiazole rings is 1. The minimum Gasteiger partial charge on any atom is -0.464 e. The number of carbonyl (C=O) groups is 2. The molecule has 1 fully saturated rings. The molecule has 0 atom stereocenters. The molecule has 0 saturated carbocycles. The third kappa shape index (κ3) is 4.07. The summed E-state index contributed by atoms with van der Waals surface area (Å²) in [6.07, 6.45) is 2.88. The Kier molecular flexibility index (Phi) is 6.76. The summed E-state index contributed by atoms with van der Waals surface area (Å²) in [7, 11) is 1.32. The monoisotopic (exact) mass is 400 g/mol. The zero-order valence-corrected chi connectivity index (χ0v) is 15.9. The minimum atomic E-state index is -0.601. The number of esters is 1. The van der Waals surface area contributed by atoms with Crippen LogP contribution in [0, 0.1) is 5.41 Å². The predicted molar refractivity (Wildman–Crippen MR) is 101 cm³/mol. The van der Waals surface area contributed by atoms with Gasteiger partial charge in [0.15, 0.2) is 5.13 Å². The Morgan fingerprint density at radius 3 is 2.85 bits per heavy atom. The van der Waals surface area contributed by atoms with Gasteiger partial charge in [-0.2, -0.15) is 0 Å². The smallest absolute Gasteiger partial charge is 0.354 e. The molecule has 3 heterocycles. The highest BCUT2D eigenvalue weighted by Crippen LogP contribution is 2.32. The molecule has 3 rings (SSSR count). The van der Waals surface area contributed by atoms with Crippen molar-refractivity contribution < 1.29 is 19.1 Å². The summed E-state index contributed by atoms with van der Waals surface area (Å²) >= 11 is 1.32. The largest absolute Gasteiger partial charge is 0.464 e. The van der Waals surface area contributed by atoms with Crippen molar-refractivity contribution in [3.63, 3.8) is 0 Å². The molecule has 142 valence electrons. The molecule has 0 spiro atoms. The van der Waals surface area contributed by atoms with Crippen molar-refractivity contribution in [2.75, 3.05) is 32.2 Å². The first-order valence-corrected chi connectivity index (χ1v) is 8.78. The highest BCUT2D eigenvalue weighted by atomic mass is 35.5. The van der Waals surface area contributed by atoms with E-state index in [1.54, 1.807) is 12.3 Å². The predicted octanol–water partition coefficient (Wildman–Crippen LogP) is 2.04. The van der Waals surface area contributed by atoms with E-state index < -0.39 is 11.4 Å². The summed E-state index contributed by atoms with van der Waals surface area (Å²) in [4.78, 5) is 31.4. The van der Waals surface area contributed by atoms with Crippen molar-refractivity contribution >= 4 is 40.8 Å². The molecule has 8 nitrogen and oxygen atoms in total. The van der Waals surface area contributed by atoms with Crippen LogP contribution in [0.15, 0.2) is 17.6 Å². The summed E-state index contributed by atoms with van der Waals surface area (Å²) in [5.74, 6) is -0.567. The van der Waals surface area contributed by atoms with Gasteiger partial charge >= 0.3 is 5.97 Å². The molecule has 1 amide bonds. The highest BCUT2D eigenvalue weighted by molar-refractivity contribution is 7.14. The second-order valence-electron chi connectivity index (χ2n) is 5.88. The summed E-state index contributed by atoms with van der Waals surface area (Å²) in [5, 5.41) is 5.18. The summed E-state index contributed by atoms with van der Waals surface area (Å²) in [6, 6.07) is 1.66. The fourth-order valence-corrected chi connectivity index (χ4v) is 3.46. The van der Waals surface area contributed by atoms with E-state index in [0.29, 0.717) is 42.6 Å². The quantitative estimate of drug-likeness (QED) is 0.660. The molecule has 0 radical (unpaired) electrons. The number of hydrogen-bond donors (Lipinski definition) is 3. The number of amides is 1. The third-order valence-corrected chi connectivity index (χ3v) is 5.19. The van der Waals surface area contributed by atoms with Gasteiger partial charge in [-0.05, 0) is 18.9 Å². The molecule has 10 heteroatoms. The van der Waals surface area contributed by atoms with Gasteiger partial charge in [0.1, 0.15) is 5.69 Å². The molecule has 4 N–H and O–H groups in total. The van der Waals surface area contributed by atoms with Gasteiger partial charge in [0.2, 0.25) is 5.91 Å². The fourth-order valence-electron chi connectivity index (χ4n) is 2.75. The van der Waals surface area contributed by atoms with E-state index in [-0.39, 0.29) is 24.9 Å². The zero-order chi connectivity index (χ0) is 17.9. The lowest BCUT2D eigenvalue weighted by molar-refractivity contribution is -0.130. The fraction of sp³-hybridized carbons (Fsp3) is 0.438. The van der Waals surface area contributed by atoms with Crippen molar-refractivity contribution in [3.05, 3.63) is 23.3 Å². The van der Waals surface area contributed by atoms with Crippen LogP contribution in [0.2, 0.25) is 0 Å². The maximum atomic E-state index is 12.7. The topological polar surface area (TPSA) is 119 Å². The Morgan fingerprint density at radius 2 is 2.19 bits per heavy atom. The van der Waals surface area contributed by atoms with Gasteiger partial charge < -0.3 is 25.5 Å². The van der Waals surface area contributed by atoms with Crippen molar-refractivity contribution in [2.45, 2.75) is 12.8 Å². The van der Waals surface area contributed by atoms with Crippen molar-refractivity contribution in [2.24, 2.45) is 11.1 Å². The van der Waals surface area contributed by atoms with E-state index in [9.17, 15) is 9.59 Å². The number of aromatic nitrogens is 2. The van der Waals surface area contributed by atoms with Crippen molar-refractivity contribution in [1.82, 2.24) is 9.97 Å². The van der Waals surface area contributed by atoms with E-state index >= 15 is 0 Å². The van der Waals surface area contributed by atoms with Crippen LogP contribution in [0.3, 0.4) is 0 Å². The molecular formula is C16H21ClN4O4S. The van der Waals surface area contributed by atoms with Crippen LogP contribution in [0.5, 0.6) is 0 Å². The van der Waals surface area contributed by atoms with E-state index in [0.717, 1.165) is 5.56 Å². The number of rotatable bonds is 5. The second kappa shape index (κ2) is 8.63. The number of ether oxygens (including phenoxy) is 2. The van der Waals surface area contributed by atoms with Crippen LogP contribution in [0.25, 0.3) is 11.3 Å². The van der Waals surface area contributed by atoms with Crippen LogP contribution in [0.1, 0.15) is 23.3 Å². The standard InChI is InChI=1S/C16H20N4O4S.ClH/c1-23-13(21)11-6-10(7-18-11)12-8-25-15(19-12)20-14(22)16(9-17)2-4-24-5-3-16;/h6-8,18H,2-5,9,17H2,1H3,(H,19,20,22);1H. The lowest BCUT2D eigenvalue weighted by Crippen LogP contribution is -2.46. The van der Waals surface area contributed by atoms with E-state index in [1.807, 2.05) is 5.38 Å². The Labute approximate surface area is 160 Å². The Morgan fingerprint density at radius 1 is 1.46 bits per heavy atom. The number of H-pyrrole nitrogens is 1. The second-order valence-corrected chi connectivity index (χ2v) is 6.74. The maximum absolute atomic E-state index is 12.7. The number of hydrogen-bond acceptors (Lipinski definition) is 7. The molecule has 0 aliphatic carbocycles. The van der Waals surface area contributed by atoms with Crippen LogP contribution < -0.4 is 11.1 Å². The number of nitrogens with zero attached hydrogens (tertiary/aromatic N) is 1. The SMILES string of the molecule is COC(=O)c1cc(-c2csc(NC(=O)C3(CN)CCOCC3)n2)c[nH]1.Cl. The number of aromatic amines is 1. The first-order chi connectivity index (χ1) is 12.1. The van der Waals surface area contributed by atoms with Gasteiger partial charge in [0, 0.05) is 36.9 Å². The average Bonchev–Trinajstić information content (AvgIpc) is 3.31. The number of nitrogens with one attached hydrogen (secondary N) is 2. The van der Waals surface area contributed by atoms with E-state index in [4.69, 9.17) is 10.5 Å². The summed E-state index contributed by atoms with van der Waals surface area (Å²) < 4.78 is 10.00. The molecular weight excluding hydrogens is 380 g/mol. The van der Waals surface area contributed by atoms with E-state index in [2.05, 4.69) is 20.0 Å².